The molecule has 0 saturated heterocycles. The lowest BCUT2D eigenvalue weighted by molar-refractivity contribution is 0.305. The number of anilines is 1. The van der Waals surface area contributed by atoms with E-state index >= 15 is 0 Å². The molecule has 0 aliphatic rings. The molecule has 0 fully saturated rings. The van der Waals surface area contributed by atoms with Crippen LogP contribution in [0.4, 0.5) is 5.82 Å². The second-order valence-corrected chi connectivity index (χ2v) is 5.93. The van der Waals surface area contributed by atoms with Gasteiger partial charge in [-0.2, -0.15) is 0 Å². The molecule has 0 bridgehead atoms. The smallest absolute Gasteiger partial charge is 0.126 e. The summed E-state index contributed by atoms with van der Waals surface area (Å²) in [6, 6.07) is 8.12. The first-order valence-electron chi connectivity index (χ1n) is 7.18. The van der Waals surface area contributed by atoms with Crippen molar-refractivity contribution in [3.63, 3.8) is 0 Å². The molecule has 2 rings (SSSR count). The summed E-state index contributed by atoms with van der Waals surface area (Å²) in [5, 5.41) is 3.29. The third-order valence-corrected chi connectivity index (χ3v) is 4.45. The Morgan fingerprint density at radius 2 is 1.90 bits per heavy atom. The summed E-state index contributed by atoms with van der Waals surface area (Å²) in [5.74, 6) is 1.80. The van der Waals surface area contributed by atoms with Crippen LogP contribution in [0.5, 0.6) is 5.75 Å². The summed E-state index contributed by atoms with van der Waals surface area (Å²) in [5.41, 5.74) is 3.48. The molecule has 0 amide bonds. The van der Waals surface area contributed by atoms with Crippen LogP contribution >= 0.6 is 15.9 Å². The Balaban J connectivity index is 2.03. The Morgan fingerprint density at radius 3 is 2.57 bits per heavy atom. The van der Waals surface area contributed by atoms with E-state index in [0.717, 1.165) is 34.6 Å². The predicted octanol–water partition coefficient (Wildman–Crippen LogP) is 4.86. The fourth-order valence-corrected chi connectivity index (χ4v) is 2.30. The van der Waals surface area contributed by atoms with Crippen molar-refractivity contribution in [1.82, 2.24) is 4.98 Å². The number of halogens is 1. The van der Waals surface area contributed by atoms with Crippen molar-refractivity contribution in [3.05, 3.63) is 51.6 Å². The lowest BCUT2D eigenvalue weighted by Gasteiger charge is -2.11. The quantitative estimate of drug-likeness (QED) is 0.809. The lowest BCUT2D eigenvalue weighted by Crippen LogP contribution is -2.03. The number of aryl methyl sites for hydroxylation is 2. The van der Waals surface area contributed by atoms with Gasteiger partial charge in [-0.05, 0) is 61.2 Å². The van der Waals surface area contributed by atoms with Gasteiger partial charge in [-0.25, -0.2) is 4.98 Å². The monoisotopic (exact) mass is 348 g/mol. The summed E-state index contributed by atoms with van der Waals surface area (Å²) in [7, 11) is 0. The number of hydrogen-bond donors (Lipinski definition) is 1. The third kappa shape index (κ3) is 4.46. The van der Waals surface area contributed by atoms with Crippen molar-refractivity contribution in [3.8, 4) is 5.75 Å². The van der Waals surface area contributed by atoms with Crippen molar-refractivity contribution in [2.24, 2.45) is 0 Å². The van der Waals surface area contributed by atoms with Crippen LogP contribution in [-0.4, -0.2) is 11.5 Å². The Hall–Kier alpha value is -1.55. The van der Waals surface area contributed by atoms with E-state index in [4.69, 9.17) is 4.74 Å². The van der Waals surface area contributed by atoms with Crippen LogP contribution in [0.25, 0.3) is 0 Å². The van der Waals surface area contributed by atoms with Gasteiger partial charge in [0.15, 0.2) is 0 Å². The highest BCUT2D eigenvalue weighted by atomic mass is 79.9. The molecule has 21 heavy (non-hydrogen) atoms. The summed E-state index contributed by atoms with van der Waals surface area (Å²) in [4.78, 5) is 4.30. The number of hydrogen-bond acceptors (Lipinski definition) is 3. The third-order valence-electron chi connectivity index (χ3n) is 3.20. The number of aromatic nitrogens is 1. The number of benzene rings is 1. The molecule has 0 unspecified atom stereocenters. The average molecular weight is 349 g/mol. The van der Waals surface area contributed by atoms with Crippen LogP contribution in [-0.2, 0) is 6.61 Å². The van der Waals surface area contributed by atoms with Crippen LogP contribution in [0.2, 0.25) is 0 Å². The van der Waals surface area contributed by atoms with Gasteiger partial charge in [-0.3, -0.25) is 0 Å². The van der Waals surface area contributed by atoms with E-state index in [2.05, 4.69) is 59.1 Å². The van der Waals surface area contributed by atoms with Crippen molar-refractivity contribution in [2.45, 2.75) is 33.8 Å². The van der Waals surface area contributed by atoms with Gasteiger partial charge in [0.1, 0.15) is 18.2 Å². The molecule has 112 valence electrons. The maximum Gasteiger partial charge on any atom is 0.126 e. The van der Waals surface area contributed by atoms with E-state index in [9.17, 15) is 0 Å². The van der Waals surface area contributed by atoms with Gasteiger partial charge in [0.25, 0.3) is 0 Å². The van der Waals surface area contributed by atoms with Gasteiger partial charge in [0.2, 0.25) is 0 Å². The molecule has 0 saturated carbocycles. The zero-order valence-corrected chi connectivity index (χ0v) is 14.3. The first kappa shape index (κ1) is 15.8. The molecule has 4 heteroatoms. The number of nitrogens with one attached hydrogen (secondary N) is 1. The van der Waals surface area contributed by atoms with Crippen molar-refractivity contribution in [1.29, 1.82) is 0 Å². The van der Waals surface area contributed by atoms with Gasteiger partial charge in [0.05, 0.1) is 0 Å². The Kier molecular flexibility index (Phi) is 5.62. The highest BCUT2D eigenvalue weighted by Gasteiger charge is 2.04. The SMILES string of the molecule is CCCNc1cc(COc2cc(C)c(Br)c(C)c2)ccn1. The Bertz CT molecular complexity index is 590. The van der Waals surface area contributed by atoms with Crippen LogP contribution in [0, 0.1) is 13.8 Å². The van der Waals surface area contributed by atoms with Crippen LogP contribution < -0.4 is 10.1 Å². The number of pyridine rings is 1. The summed E-state index contributed by atoms with van der Waals surface area (Å²) in [6.07, 6.45) is 2.90. The Labute approximate surface area is 134 Å². The summed E-state index contributed by atoms with van der Waals surface area (Å²) in [6.45, 7) is 7.76. The molecule has 3 nitrogen and oxygen atoms in total. The van der Waals surface area contributed by atoms with Crippen LogP contribution in [0.1, 0.15) is 30.0 Å². The van der Waals surface area contributed by atoms with E-state index in [1.54, 1.807) is 0 Å². The van der Waals surface area contributed by atoms with E-state index in [0.29, 0.717) is 6.61 Å². The van der Waals surface area contributed by atoms with E-state index in [1.807, 2.05) is 18.3 Å². The van der Waals surface area contributed by atoms with Gasteiger partial charge in [0, 0.05) is 17.2 Å². The van der Waals surface area contributed by atoms with Gasteiger partial charge in [-0.1, -0.05) is 22.9 Å². The maximum atomic E-state index is 5.89. The van der Waals surface area contributed by atoms with Crippen LogP contribution in [0.3, 0.4) is 0 Å². The van der Waals surface area contributed by atoms with E-state index in [1.165, 1.54) is 11.1 Å². The van der Waals surface area contributed by atoms with E-state index < -0.39 is 0 Å². The number of rotatable bonds is 6. The molecule has 0 radical (unpaired) electrons. The molecule has 0 aliphatic heterocycles. The molecule has 0 aliphatic carbocycles. The molecular formula is C17H21BrN2O. The van der Waals surface area contributed by atoms with Crippen LogP contribution in [0.15, 0.2) is 34.9 Å². The molecule has 2 aromatic rings. The van der Waals surface area contributed by atoms with Gasteiger partial charge in [-0.15, -0.1) is 0 Å². The van der Waals surface area contributed by atoms with Gasteiger partial charge >= 0.3 is 0 Å². The normalized spacial score (nSPS) is 10.5. The number of nitrogens with zero attached hydrogens (tertiary/aromatic N) is 1. The molecule has 1 aromatic heterocycles. The van der Waals surface area contributed by atoms with E-state index in [-0.39, 0.29) is 0 Å². The molecule has 1 aromatic carbocycles. The fraction of sp³-hybridized carbons (Fsp3) is 0.353. The summed E-state index contributed by atoms with van der Waals surface area (Å²) < 4.78 is 7.04. The largest absolute Gasteiger partial charge is 0.489 e. The standard InChI is InChI=1S/C17H21BrN2O/c1-4-6-19-16-10-14(5-7-20-16)11-21-15-8-12(2)17(18)13(3)9-15/h5,7-10H,4,6,11H2,1-3H3,(H,19,20). The number of ether oxygens (including phenoxy) is 1. The first-order chi connectivity index (χ1) is 10.1. The zero-order valence-electron chi connectivity index (χ0n) is 12.7. The minimum absolute atomic E-state index is 0.545. The van der Waals surface area contributed by atoms with Crippen molar-refractivity contribution >= 4 is 21.7 Å². The fourth-order valence-electron chi connectivity index (χ4n) is 2.07. The average Bonchev–Trinajstić information content (AvgIpc) is 2.49. The summed E-state index contributed by atoms with van der Waals surface area (Å²) >= 11 is 3.57. The second kappa shape index (κ2) is 7.46. The molecule has 1 heterocycles. The second-order valence-electron chi connectivity index (χ2n) is 5.14. The van der Waals surface area contributed by atoms with Crippen molar-refractivity contribution in [2.75, 3.05) is 11.9 Å². The maximum absolute atomic E-state index is 5.89. The zero-order chi connectivity index (χ0) is 15.2. The van der Waals surface area contributed by atoms with Gasteiger partial charge < -0.3 is 10.1 Å². The lowest BCUT2D eigenvalue weighted by atomic mass is 10.1. The van der Waals surface area contributed by atoms with Crippen molar-refractivity contribution < 1.29 is 4.74 Å². The molecule has 0 spiro atoms. The molecule has 1 N–H and O–H groups in total. The topological polar surface area (TPSA) is 34.1 Å². The predicted molar refractivity (Wildman–Crippen MR) is 91.0 cm³/mol. The Morgan fingerprint density at radius 1 is 1.19 bits per heavy atom. The first-order valence-corrected chi connectivity index (χ1v) is 7.97. The molecule has 0 atom stereocenters. The highest BCUT2D eigenvalue weighted by Crippen LogP contribution is 2.26. The minimum Gasteiger partial charge on any atom is -0.489 e. The highest BCUT2D eigenvalue weighted by molar-refractivity contribution is 9.10. The minimum atomic E-state index is 0.545. The molecular weight excluding hydrogens is 328 g/mol.